The Labute approximate surface area is 160 Å². The average molecular weight is 390 g/mol. The van der Waals surface area contributed by atoms with Crippen LogP contribution in [0.1, 0.15) is 24.0 Å². The van der Waals surface area contributed by atoms with Crippen LogP contribution in [-0.4, -0.2) is 31.9 Å². The van der Waals surface area contributed by atoms with E-state index in [1.54, 1.807) is 24.3 Å². The standard InChI is InChI=1S/C20H23NO3S2/c1-3-24-13-20(19(21)25)17(15-7-5-4-6-8-15)18(20)26(22,23)16-11-9-14(2)10-12-16/h4-12,17-18H,3,13H2,1-2H3,(H2,21,25). The van der Waals surface area contributed by atoms with E-state index < -0.39 is 20.5 Å². The molecule has 0 heterocycles. The molecule has 0 aromatic heterocycles. The van der Waals surface area contributed by atoms with Crippen LogP contribution in [0.4, 0.5) is 0 Å². The van der Waals surface area contributed by atoms with E-state index in [1.165, 1.54) is 0 Å². The first-order chi connectivity index (χ1) is 12.4. The van der Waals surface area contributed by atoms with Crippen LogP contribution < -0.4 is 5.73 Å². The normalized spacial score (nSPS) is 25.0. The van der Waals surface area contributed by atoms with Crippen molar-refractivity contribution in [1.29, 1.82) is 0 Å². The number of ether oxygens (including phenoxy) is 1. The van der Waals surface area contributed by atoms with Crippen LogP contribution in [0, 0.1) is 12.3 Å². The van der Waals surface area contributed by atoms with Gasteiger partial charge in [0, 0.05) is 12.5 Å². The molecule has 3 unspecified atom stereocenters. The van der Waals surface area contributed by atoms with Gasteiger partial charge in [0.25, 0.3) is 0 Å². The number of rotatable bonds is 7. The van der Waals surface area contributed by atoms with Crippen molar-refractivity contribution in [3.8, 4) is 0 Å². The Bertz CT molecular complexity index is 894. The third-order valence-corrected chi connectivity index (χ3v) is 7.77. The second-order valence-corrected chi connectivity index (χ2v) is 9.22. The minimum atomic E-state index is -3.61. The lowest BCUT2D eigenvalue weighted by molar-refractivity contribution is 0.121. The highest BCUT2D eigenvalue weighted by molar-refractivity contribution is 7.92. The van der Waals surface area contributed by atoms with Gasteiger partial charge in [-0.2, -0.15) is 0 Å². The third-order valence-electron chi connectivity index (χ3n) is 5.10. The van der Waals surface area contributed by atoms with Crippen molar-refractivity contribution in [1.82, 2.24) is 0 Å². The zero-order valence-electron chi connectivity index (χ0n) is 14.9. The van der Waals surface area contributed by atoms with Crippen LogP contribution in [0.2, 0.25) is 0 Å². The zero-order valence-corrected chi connectivity index (χ0v) is 16.5. The Morgan fingerprint density at radius 1 is 1.15 bits per heavy atom. The van der Waals surface area contributed by atoms with E-state index in [9.17, 15) is 8.42 Å². The lowest BCUT2D eigenvalue weighted by Gasteiger charge is -2.17. The molecule has 0 spiro atoms. The maximum Gasteiger partial charge on any atom is 0.182 e. The Morgan fingerprint density at radius 3 is 2.31 bits per heavy atom. The summed E-state index contributed by atoms with van der Waals surface area (Å²) < 4.78 is 32.4. The second-order valence-electron chi connectivity index (χ2n) is 6.71. The van der Waals surface area contributed by atoms with Crippen LogP contribution in [-0.2, 0) is 14.6 Å². The Morgan fingerprint density at radius 2 is 1.77 bits per heavy atom. The molecule has 0 bridgehead atoms. The lowest BCUT2D eigenvalue weighted by Crippen LogP contribution is -2.33. The highest BCUT2D eigenvalue weighted by Crippen LogP contribution is 2.64. The molecule has 0 saturated heterocycles. The highest BCUT2D eigenvalue weighted by Gasteiger charge is 2.73. The van der Waals surface area contributed by atoms with Crippen LogP contribution in [0.3, 0.4) is 0 Å². The number of nitrogens with two attached hydrogens (primary N) is 1. The molecule has 0 amide bonds. The van der Waals surface area contributed by atoms with Crippen molar-refractivity contribution in [2.45, 2.75) is 29.9 Å². The summed E-state index contributed by atoms with van der Waals surface area (Å²) in [6.45, 7) is 4.47. The summed E-state index contributed by atoms with van der Waals surface area (Å²) in [6, 6.07) is 16.5. The van der Waals surface area contributed by atoms with Crippen LogP contribution >= 0.6 is 12.2 Å². The van der Waals surface area contributed by atoms with E-state index in [2.05, 4.69) is 0 Å². The fourth-order valence-corrected chi connectivity index (χ4v) is 6.45. The fourth-order valence-electron chi connectivity index (χ4n) is 3.68. The van der Waals surface area contributed by atoms with Crippen molar-refractivity contribution in [3.63, 3.8) is 0 Å². The first kappa shape index (κ1) is 19.0. The Hall–Kier alpha value is -1.76. The highest BCUT2D eigenvalue weighted by atomic mass is 32.2. The molecule has 0 aliphatic heterocycles. The molecule has 0 radical (unpaired) electrons. The van der Waals surface area contributed by atoms with E-state index >= 15 is 0 Å². The topological polar surface area (TPSA) is 69.4 Å². The number of hydrogen-bond donors (Lipinski definition) is 1. The molecular formula is C20H23NO3S2. The summed E-state index contributed by atoms with van der Waals surface area (Å²) in [5.74, 6) is -0.306. The monoisotopic (exact) mass is 389 g/mol. The summed E-state index contributed by atoms with van der Waals surface area (Å²) >= 11 is 5.33. The van der Waals surface area contributed by atoms with Crippen molar-refractivity contribution in [2.75, 3.05) is 13.2 Å². The van der Waals surface area contributed by atoms with E-state index in [-0.39, 0.29) is 17.5 Å². The molecule has 2 aromatic carbocycles. The quantitative estimate of drug-likeness (QED) is 0.736. The van der Waals surface area contributed by atoms with Gasteiger partial charge in [-0.25, -0.2) is 8.42 Å². The number of thiocarbonyl (C=S) groups is 1. The number of sulfone groups is 1. The van der Waals surface area contributed by atoms with E-state index in [1.807, 2.05) is 44.2 Å². The van der Waals surface area contributed by atoms with Gasteiger partial charge in [-0.15, -0.1) is 0 Å². The molecule has 1 aliphatic rings. The molecule has 1 saturated carbocycles. The molecule has 6 heteroatoms. The van der Waals surface area contributed by atoms with Crippen LogP contribution in [0.15, 0.2) is 59.5 Å². The molecule has 2 N–H and O–H groups in total. The lowest BCUT2D eigenvalue weighted by atomic mass is 10.00. The van der Waals surface area contributed by atoms with Gasteiger partial charge in [0.1, 0.15) is 0 Å². The first-order valence-electron chi connectivity index (χ1n) is 8.59. The molecule has 3 rings (SSSR count). The summed E-state index contributed by atoms with van der Waals surface area (Å²) in [7, 11) is -3.61. The van der Waals surface area contributed by atoms with Gasteiger partial charge in [0.2, 0.25) is 0 Å². The van der Waals surface area contributed by atoms with Gasteiger partial charge in [0.15, 0.2) is 9.84 Å². The van der Waals surface area contributed by atoms with Gasteiger partial charge in [-0.05, 0) is 31.5 Å². The van der Waals surface area contributed by atoms with Gasteiger partial charge < -0.3 is 10.5 Å². The second kappa shape index (κ2) is 7.10. The summed E-state index contributed by atoms with van der Waals surface area (Å²) in [5, 5.41) is -0.718. The summed E-state index contributed by atoms with van der Waals surface area (Å²) in [6.07, 6.45) is 0. The maximum atomic E-state index is 13.4. The van der Waals surface area contributed by atoms with Gasteiger partial charge >= 0.3 is 0 Å². The van der Waals surface area contributed by atoms with Gasteiger partial charge in [-0.1, -0.05) is 60.2 Å². The van der Waals surface area contributed by atoms with Crippen molar-refractivity contribution < 1.29 is 13.2 Å². The van der Waals surface area contributed by atoms with E-state index in [4.69, 9.17) is 22.7 Å². The van der Waals surface area contributed by atoms with Crippen molar-refractivity contribution in [3.05, 3.63) is 65.7 Å². The van der Waals surface area contributed by atoms with Crippen molar-refractivity contribution >= 4 is 27.0 Å². The Kier molecular flexibility index (Phi) is 5.19. The molecule has 3 atom stereocenters. The first-order valence-corrected chi connectivity index (χ1v) is 10.5. The summed E-state index contributed by atoms with van der Waals surface area (Å²) in [4.78, 5) is 0.490. The molecule has 26 heavy (non-hydrogen) atoms. The van der Waals surface area contributed by atoms with Crippen molar-refractivity contribution in [2.24, 2.45) is 11.1 Å². The maximum absolute atomic E-state index is 13.4. The Balaban J connectivity index is 2.09. The largest absolute Gasteiger partial charge is 0.393 e. The molecule has 2 aromatic rings. The zero-order chi connectivity index (χ0) is 18.9. The van der Waals surface area contributed by atoms with E-state index in [0.717, 1.165) is 11.1 Å². The third kappa shape index (κ3) is 3.06. The molecule has 4 nitrogen and oxygen atoms in total. The number of aryl methyl sites for hydroxylation is 1. The molecular weight excluding hydrogens is 366 g/mol. The SMILES string of the molecule is CCOCC1(C(N)=S)C(c2ccccc2)C1S(=O)(=O)c1ccc(C)cc1. The molecule has 1 aliphatic carbocycles. The van der Waals surface area contributed by atoms with E-state index in [0.29, 0.717) is 11.5 Å². The number of benzene rings is 2. The smallest absolute Gasteiger partial charge is 0.182 e. The molecule has 138 valence electrons. The minimum absolute atomic E-state index is 0.195. The fraction of sp³-hybridized carbons (Fsp3) is 0.350. The van der Waals surface area contributed by atoms with Crippen LogP contribution in [0.25, 0.3) is 0 Å². The predicted molar refractivity (Wildman–Crippen MR) is 107 cm³/mol. The average Bonchev–Trinajstić information content (AvgIpc) is 3.32. The van der Waals surface area contributed by atoms with Gasteiger partial charge in [-0.3, -0.25) is 0 Å². The number of hydrogen-bond acceptors (Lipinski definition) is 4. The minimum Gasteiger partial charge on any atom is -0.393 e. The predicted octanol–water partition coefficient (Wildman–Crippen LogP) is 3.24. The summed E-state index contributed by atoms with van der Waals surface area (Å²) in [5.41, 5.74) is 7.12. The molecule has 1 fully saturated rings. The van der Waals surface area contributed by atoms with Crippen LogP contribution in [0.5, 0.6) is 0 Å². The van der Waals surface area contributed by atoms with Gasteiger partial charge in [0.05, 0.1) is 27.2 Å².